The number of hydrogen-bond donors (Lipinski definition) is 0. The molecule has 0 bridgehead atoms. The predicted molar refractivity (Wildman–Crippen MR) is 66.1 cm³/mol. The zero-order chi connectivity index (χ0) is 11.9. The topological polar surface area (TPSA) is 32.7 Å². The van der Waals surface area contributed by atoms with Crippen molar-refractivity contribution in [2.24, 2.45) is 4.99 Å². The number of carbonyl (C=O) groups excluding carboxylic acids is 1. The third-order valence-corrected chi connectivity index (χ3v) is 58.5. The number of aliphatic imine (C=N–C) groups is 1. The van der Waals surface area contributed by atoms with Crippen molar-refractivity contribution in [1.82, 2.24) is 4.90 Å². The van der Waals surface area contributed by atoms with Crippen LogP contribution in [-0.2, 0) is 11.3 Å². The molecule has 0 aromatic rings. The summed E-state index contributed by atoms with van der Waals surface area (Å²) in [6.07, 6.45) is 0. The van der Waals surface area contributed by atoms with Crippen molar-refractivity contribution in [3.8, 4) is 0 Å². The summed E-state index contributed by atoms with van der Waals surface area (Å²) in [6, 6.07) is 0. The minimum absolute atomic E-state index is 0.284. The molecule has 0 aromatic carbocycles. The van der Waals surface area contributed by atoms with Crippen molar-refractivity contribution in [3.63, 3.8) is 0 Å². The van der Waals surface area contributed by atoms with E-state index in [1.165, 1.54) is 49.2 Å². The third-order valence-electron chi connectivity index (χ3n) is 16.2. The van der Waals surface area contributed by atoms with E-state index in [1.54, 1.807) is 6.92 Å². The fraction of sp³-hybridized carbons (Fsp3) is 0.867. The average Bonchev–Trinajstić information content (AvgIpc) is 3.31. The van der Waals surface area contributed by atoms with Crippen LogP contribution in [0.4, 0.5) is 0 Å². The van der Waals surface area contributed by atoms with E-state index in [4.69, 9.17) is 4.99 Å². The van der Waals surface area contributed by atoms with Crippen molar-refractivity contribution in [1.29, 1.82) is 0 Å². The molecular weight excluding hydrogens is 280 g/mol. The number of amides is 1. The van der Waals surface area contributed by atoms with Gasteiger partial charge in [0.15, 0.2) is 0 Å². The third kappa shape index (κ3) is 0.0800. The molecular formula is C15H16FeN2O. The normalized spacial score (nSPS) is 112. The van der Waals surface area contributed by atoms with Gasteiger partial charge in [-0.25, -0.2) is 0 Å². The summed E-state index contributed by atoms with van der Waals surface area (Å²) >= 11 is 0. The summed E-state index contributed by atoms with van der Waals surface area (Å²) in [6.45, 7) is 0.512. The molecule has 4 heteroatoms. The maximum absolute atomic E-state index is 12.0. The van der Waals surface area contributed by atoms with Crippen LogP contribution in [-0.4, -0.2) is 29.7 Å². The molecule has 11 rings (SSSR count). The maximum atomic E-state index is 12.0. The van der Waals surface area contributed by atoms with Crippen LogP contribution < -0.4 is 0 Å². The van der Waals surface area contributed by atoms with Gasteiger partial charge < -0.3 is 0 Å². The van der Waals surface area contributed by atoms with Crippen molar-refractivity contribution >= 4 is 11.7 Å². The van der Waals surface area contributed by atoms with Gasteiger partial charge in [0.25, 0.3) is 0 Å². The van der Waals surface area contributed by atoms with E-state index in [2.05, 4.69) is 4.90 Å². The Kier molecular flexibility index (Phi) is 0.227. The van der Waals surface area contributed by atoms with Crippen LogP contribution in [0.1, 0.15) is 6.92 Å². The first-order chi connectivity index (χ1) is 8.97. The molecule has 10 saturated heterocycles. The minimum atomic E-state index is -3.07. The van der Waals surface area contributed by atoms with E-state index >= 15 is 0 Å². The predicted octanol–water partition coefficient (Wildman–Crippen LogP) is 3.01. The van der Waals surface area contributed by atoms with Gasteiger partial charge in [-0.3, -0.25) is 0 Å². The Morgan fingerprint density at radius 3 is 2.11 bits per heavy atom. The van der Waals surface area contributed by atoms with Crippen molar-refractivity contribution < 1.29 is 11.3 Å². The molecule has 3 nitrogen and oxygen atoms in total. The molecule has 10 fully saturated rings. The Balaban J connectivity index is 1.45. The van der Waals surface area contributed by atoms with Crippen LogP contribution in [0.3, 0.4) is 0 Å². The Morgan fingerprint density at radius 2 is 1.74 bits per heavy atom. The van der Waals surface area contributed by atoms with Gasteiger partial charge in [0.2, 0.25) is 0 Å². The Bertz CT molecular complexity index is 1050. The Morgan fingerprint density at radius 1 is 1.16 bits per heavy atom. The molecule has 1 spiro atoms. The van der Waals surface area contributed by atoms with Crippen LogP contribution in [0.15, 0.2) is 4.99 Å². The van der Waals surface area contributed by atoms with Crippen molar-refractivity contribution in [2.45, 2.75) is 54.6 Å². The first-order valence-electron chi connectivity index (χ1n) is 8.02. The molecule has 0 N–H and O–H groups in total. The first kappa shape index (κ1) is 7.08. The number of amidine groups is 1. The van der Waals surface area contributed by atoms with Gasteiger partial charge >= 0.3 is 101 Å². The summed E-state index contributed by atoms with van der Waals surface area (Å²) in [5.41, 5.74) is 0. The number of rotatable bonds is 1. The first-order valence-corrected chi connectivity index (χ1v) is 14.3. The van der Waals surface area contributed by atoms with E-state index in [0.29, 0.717) is 4.31 Å². The molecule has 100 valence electrons. The Labute approximate surface area is 101 Å². The number of fused-ring (bicyclic) bond motifs is 10. The molecule has 0 aliphatic carbocycles. The fourth-order valence-corrected chi connectivity index (χ4v) is 91.7. The van der Waals surface area contributed by atoms with E-state index in [-0.39, 0.29) is 5.91 Å². The Hall–Kier alpha value is -0.341. The van der Waals surface area contributed by atoms with Crippen LogP contribution in [0.25, 0.3) is 0 Å². The quantitative estimate of drug-likeness (QED) is 0.685. The van der Waals surface area contributed by atoms with Crippen LogP contribution in [0.2, 0.25) is 47.7 Å². The SMILES string of the molecule is CC(=O)N1CCN=C1[C]12[CH]3[CH]4[CH]5[CH]1[Fe]45321678[CH]2[CH]1[CH]6[CH]7[CH]28. The van der Waals surface area contributed by atoms with Gasteiger partial charge in [-0.2, -0.15) is 0 Å². The monoisotopic (exact) mass is 296 g/mol. The van der Waals surface area contributed by atoms with Crippen molar-refractivity contribution in [2.75, 3.05) is 13.1 Å². The second-order valence-electron chi connectivity index (χ2n) is 11.6. The van der Waals surface area contributed by atoms with Gasteiger partial charge in [0.05, 0.1) is 0 Å². The second kappa shape index (κ2) is 0.610. The summed E-state index contributed by atoms with van der Waals surface area (Å²) in [7, 11) is 0. The molecule has 0 aromatic heterocycles. The van der Waals surface area contributed by atoms with Crippen LogP contribution >= 0.6 is 0 Å². The molecule has 4 atom stereocenters. The zero-order valence-corrected chi connectivity index (χ0v) is 11.9. The molecule has 11 aliphatic heterocycles. The number of nitrogens with zero attached hydrogens (tertiary/aromatic N) is 2. The second-order valence-corrected chi connectivity index (χ2v) is 35.1. The standard InChI is InChI=1S/C10H11N2O.C5H5.Fe/c1-8(13)12-7-6-11-10(12)9-4-2-3-5-9;1-2-4-5-3-1;/h2-5H,6-7H2,1H3;1-5H;. The van der Waals surface area contributed by atoms with Gasteiger partial charge in [0, 0.05) is 0 Å². The molecule has 1 amide bonds. The van der Waals surface area contributed by atoms with Gasteiger partial charge in [-0.1, -0.05) is 0 Å². The summed E-state index contributed by atoms with van der Waals surface area (Å²) in [4.78, 5) is 31.0. The van der Waals surface area contributed by atoms with Gasteiger partial charge in [0.1, 0.15) is 0 Å². The number of carbonyl (C=O) groups is 1. The van der Waals surface area contributed by atoms with E-state index in [1.807, 2.05) is 0 Å². The van der Waals surface area contributed by atoms with E-state index in [0.717, 1.165) is 13.1 Å². The van der Waals surface area contributed by atoms with Crippen molar-refractivity contribution in [3.05, 3.63) is 0 Å². The van der Waals surface area contributed by atoms with Gasteiger partial charge in [-0.15, -0.1) is 0 Å². The van der Waals surface area contributed by atoms with E-state index < -0.39 is 6.51 Å². The average molecular weight is 296 g/mol. The van der Waals surface area contributed by atoms with Gasteiger partial charge in [-0.05, 0) is 0 Å². The summed E-state index contributed by atoms with van der Waals surface area (Å²) < 4.78 is 0.682. The summed E-state index contributed by atoms with van der Waals surface area (Å²) in [5, 5.41) is 0. The molecule has 11 aliphatic rings. The summed E-state index contributed by atoms with van der Waals surface area (Å²) in [5.74, 6) is 1.69. The molecule has 0 saturated carbocycles. The van der Waals surface area contributed by atoms with Crippen LogP contribution in [0.5, 0.6) is 0 Å². The zero-order valence-electron chi connectivity index (χ0n) is 10.8. The molecule has 11 heterocycles. The number of hydrogen-bond acceptors (Lipinski definition) is 2. The fourth-order valence-electron chi connectivity index (χ4n) is 17.9. The van der Waals surface area contributed by atoms with Crippen LogP contribution in [0, 0.1) is 0 Å². The molecule has 4 unspecified atom stereocenters. The van der Waals surface area contributed by atoms with E-state index in [9.17, 15) is 4.79 Å². The molecule has 19 heavy (non-hydrogen) atoms. The molecule has 0 radical (unpaired) electrons.